The monoisotopic (exact) mass is 358 g/mol. The van der Waals surface area contributed by atoms with Crippen molar-refractivity contribution in [2.45, 2.75) is 75.8 Å². The summed E-state index contributed by atoms with van der Waals surface area (Å²) in [5.74, 6) is -2.99. The Balaban J connectivity index is 2.41. The number of hydrogen-bond donors (Lipinski definition) is 1. The molecular formula is C18H30O7. The van der Waals surface area contributed by atoms with Crippen molar-refractivity contribution >= 4 is 5.97 Å². The highest BCUT2D eigenvalue weighted by molar-refractivity contribution is 5.80. The van der Waals surface area contributed by atoms with E-state index in [0.717, 1.165) is 18.4 Å². The number of aliphatic hydroxyl groups is 1. The number of hydrogen-bond acceptors (Lipinski definition) is 7. The number of fused-ring (bicyclic) bond motifs is 1. The Hall–Kier alpha value is -0.990. The van der Waals surface area contributed by atoms with E-state index in [-0.39, 0.29) is 12.8 Å². The number of unbranched alkanes of at least 4 members (excludes halogenated alkanes) is 1. The molecule has 1 aliphatic heterocycles. The summed E-state index contributed by atoms with van der Waals surface area (Å²) in [5.41, 5.74) is -0.832. The molecule has 1 aliphatic carbocycles. The van der Waals surface area contributed by atoms with E-state index in [1.807, 2.05) is 6.08 Å². The molecule has 0 aromatic rings. The zero-order valence-corrected chi connectivity index (χ0v) is 16.0. The van der Waals surface area contributed by atoms with Crippen LogP contribution in [-0.2, 0) is 28.5 Å². The van der Waals surface area contributed by atoms with Gasteiger partial charge in [0, 0.05) is 27.1 Å². The van der Waals surface area contributed by atoms with Crippen LogP contribution < -0.4 is 0 Å². The molecule has 0 aromatic heterocycles. The van der Waals surface area contributed by atoms with Gasteiger partial charge in [-0.3, -0.25) is 0 Å². The quantitative estimate of drug-likeness (QED) is 0.594. The number of carbonyl (C=O) groups excluding carboxylic acids is 1. The van der Waals surface area contributed by atoms with E-state index in [4.69, 9.17) is 23.7 Å². The fourth-order valence-corrected chi connectivity index (χ4v) is 3.52. The number of carbonyl (C=O) groups is 1. The third-order valence-corrected chi connectivity index (χ3v) is 5.33. The second kappa shape index (κ2) is 7.32. The molecule has 0 spiro atoms. The van der Waals surface area contributed by atoms with E-state index in [9.17, 15) is 9.90 Å². The van der Waals surface area contributed by atoms with Crippen molar-refractivity contribution in [1.82, 2.24) is 0 Å². The second-order valence-corrected chi connectivity index (χ2v) is 6.97. The minimum atomic E-state index is -1.64. The lowest BCUT2D eigenvalue weighted by Crippen LogP contribution is -2.68. The Morgan fingerprint density at radius 2 is 1.84 bits per heavy atom. The molecule has 2 unspecified atom stereocenters. The van der Waals surface area contributed by atoms with Gasteiger partial charge in [0.25, 0.3) is 0 Å². The van der Waals surface area contributed by atoms with Crippen LogP contribution in [0.5, 0.6) is 0 Å². The summed E-state index contributed by atoms with van der Waals surface area (Å²) < 4.78 is 28.3. The Bertz CT molecular complexity index is 534. The Labute approximate surface area is 149 Å². The van der Waals surface area contributed by atoms with E-state index in [2.05, 4.69) is 6.92 Å². The first kappa shape index (κ1) is 20.3. The van der Waals surface area contributed by atoms with E-state index < -0.39 is 35.4 Å². The van der Waals surface area contributed by atoms with Gasteiger partial charge in [0.1, 0.15) is 6.10 Å². The van der Waals surface area contributed by atoms with Gasteiger partial charge in [-0.25, -0.2) is 4.79 Å². The van der Waals surface area contributed by atoms with E-state index in [0.29, 0.717) is 0 Å². The molecule has 1 heterocycles. The van der Waals surface area contributed by atoms with Gasteiger partial charge >= 0.3 is 5.97 Å². The van der Waals surface area contributed by atoms with Gasteiger partial charge in [-0.2, -0.15) is 0 Å². The van der Waals surface area contributed by atoms with Crippen LogP contribution in [-0.4, -0.2) is 61.8 Å². The minimum absolute atomic E-state index is 0.0621. The van der Waals surface area contributed by atoms with Gasteiger partial charge < -0.3 is 28.8 Å². The first-order chi connectivity index (χ1) is 11.7. The molecule has 0 radical (unpaired) electrons. The molecule has 0 aromatic carbocycles. The third kappa shape index (κ3) is 3.48. The first-order valence-electron chi connectivity index (χ1n) is 8.64. The van der Waals surface area contributed by atoms with Crippen molar-refractivity contribution < 1.29 is 33.6 Å². The summed E-state index contributed by atoms with van der Waals surface area (Å²) in [6, 6.07) is 0. The molecule has 5 atom stereocenters. The van der Waals surface area contributed by atoms with Gasteiger partial charge in [0.15, 0.2) is 5.60 Å². The predicted octanol–water partition coefficient (Wildman–Crippen LogP) is 1.92. The maximum Gasteiger partial charge on any atom is 0.338 e. The standard InChI is InChI=1S/C18H30O7/c1-7-8-9-12-10-18(20,15(19)21-4)11-13-14(12)25-17(3,23-6)16(2,22-5)24-13/h9,13-14,20H,7-8,10-11H2,1-6H3/t13-,14-,16?,17?,18+/m1/s1. The van der Waals surface area contributed by atoms with Gasteiger partial charge in [-0.1, -0.05) is 19.4 Å². The summed E-state index contributed by atoms with van der Waals surface area (Å²) in [6.07, 6.45) is 2.97. The summed E-state index contributed by atoms with van der Waals surface area (Å²) in [6.45, 7) is 5.53. The molecule has 0 amide bonds. The lowest BCUT2D eigenvalue weighted by molar-refractivity contribution is -0.448. The summed E-state index contributed by atoms with van der Waals surface area (Å²) in [7, 11) is 4.30. The smallest absolute Gasteiger partial charge is 0.338 e. The Morgan fingerprint density at radius 3 is 2.36 bits per heavy atom. The predicted molar refractivity (Wildman–Crippen MR) is 89.8 cm³/mol. The van der Waals surface area contributed by atoms with Gasteiger partial charge in [0.2, 0.25) is 11.6 Å². The van der Waals surface area contributed by atoms with Gasteiger partial charge in [-0.05, 0) is 25.8 Å². The molecule has 2 fully saturated rings. The summed E-state index contributed by atoms with van der Waals surface area (Å²) in [5, 5.41) is 10.9. The molecule has 25 heavy (non-hydrogen) atoms. The Kier molecular flexibility index (Phi) is 5.95. The van der Waals surface area contributed by atoms with Crippen LogP contribution >= 0.6 is 0 Å². The molecule has 1 saturated heterocycles. The fraction of sp³-hybridized carbons (Fsp3) is 0.833. The van der Waals surface area contributed by atoms with Crippen molar-refractivity contribution in [1.29, 1.82) is 0 Å². The number of allylic oxidation sites excluding steroid dienone is 1. The second-order valence-electron chi connectivity index (χ2n) is 6.97. The minimum Gasteiger partial charge on any atom is -0.467 e. The van der Waals surface area contributed by atoms with Crippen LogP contribution in [0.4, 0.5) is 0 Å². The van der Waals surface area contributed by atoms with Crippen LogP contribution in [0.3, 0.4) is 0 Å². The van der Waals surface area contributed by atoms with Crippen molar-refractivity contribution in [3.63, 3.8) is 0 Å². The van der Waals surface area contributed by atoms with Crippen LogP contribution in [0, 0.1) is 0 Å². The van der Waals surface area contributed by atoms with Crippen LogP contribution in [0.15, 0.2) is 11.6 Å². The van der Waals surface area contributed by atoms with Crippen LogP contribution in [0.2, 0.25) is 0 Å². The molecular weight excluding hydrogens is 328 g/mol. The maximum absolute atomic E-state index is 12.1. The molecule has 2 aliphatic rings. The highest BCUT2D eigenvalue weighted by atomic mass is 16.8. The number of esters is 1. The molecule has 1 saturated carbocycles. The zero-order valence-electron chi connectivity index (χ0n) is 16.0. The highest BCUT2D eigenvalue weighted by Crippen LogP contribution is 2.47. The number of rotatable bonds is 5. The van der Waals surface area contributed by atoms with Crippen LogP contribution in [0.25, 0.3) is 0 Å². The van der Waals surface area contributed by atoms with Crippen molar-refractivity contribution in [2.24, 2.45) is 0 Å². The largest absolute Gasteiger partial charge is 0.467 e. The summed E-state index contributed by atoms with van der Waals surface area (Å²) in [4.78, 5) is 12.1. The SMILES string of the molecule is CCCC=C1C[C@@](O)(C(=O)OC)C[C@H]2OC(C)(OC)C(C)(OC)O[C@H]12. The molecule has 0 bridgehead atoms. The number of methoxy groups -OCH3 is 3. The van der Waals surface area contributed by atoms with Crippen molar-refractivity contribution in [3.8, 4) is 0 Å². The van der Waals surface area contributed by atoms with Crippen molar-refractivity contribution in [3.05, 3.63) is 11.6 Å². The lowest BCUT2D eigenvalue weighted by Gasteiger charge is -2.55. The Morgan fingerprint density at radius 1 is 1.24 bits per heavy atom. The zero-order chi connectivity index (χ0) is 18.9. The highest BCUT2D eigenvalue weighted by Gasteiger charge is 2.61. The fourth-order valence-electron chi connectivity index (χ4n) is 3.52. The average Bonchev–Trinajstić information content (AvgIpc) is 2.60. The van der Waals surface area contributed by atoms with E-state index in [1.54, 1.807) is 13.8 Å². The van der Waals surface area contributed by atoms with Gasteiger partial charge in [-0.15, -0.1) is 0 Å². The van der Waals surface area contributed by atoms with E-state index >= 15 is 0 Å². The van der Waals surface area contributed by atoms with Crippen molar-refractivity contribution in [2.75, 3.05) is 21.3 Å². The van der Waals surface area contributed by atoms with Crippen LogP contribution in [0.1, 0.15) is 46.5 Å². The lowest BCUT2D eigenvalue weighted by atomic mass is 9.76. The third-order valence-electron chi connectivity index (χ3n) is 5.33. The van der Waals surface area contributed by atoms with Gasteiger partial charge in [0.05, 0.1) is 13.2 Å². The molecule has 7 nitrogen and oxygen atoms in total. The summed E-state index contributed by atoms with van der Waals surface area (Å²) >= 11 is 0. The molecule has 2 rings (SSSR count). The first-order valence-corrected chi connectivity index (χ1v) is 8.64. The maximum atomic E-state index is 12.1. The topological polar surface area (TPSA) is 83.5 Å². The molecule has 1 N–H and O–H groups in total. The number of ether oxygens (including phenoxy) is 5. The molecule has 7 heteroatoms. The normalized spacial score (nSPS) is 42.9. The average molecular weight is 358 g/mol. The molecule has 144 valence electrons. The van der Waals surface area contributed by atoms with E-state index in [1.165, 1.54) is 21.3 Å².